The van der Waals surface area contributed by atoms with Crippen molar-refractivity contribution in [3.63, 3.8) is 0 Å². The fraction of sp³-hybridized carbons (Fsp3) is 0.727. The van der Waals surface area contributed by atoms with Crippen LogP contribution >= 0.6 is 11.8 Å². The third-order valence-corrected chi connectivity index (χ3v) is 3.31. The largest absolute Gasteiger partial charge is 0.379 e. The van der Waals surface area contributed by atoms with Crippen molar-refractivity contribution in [2.45, 2.75) is 12.5 Å². The average molecular weight is 244 g/mol. The van der Waals surface area contributed by atoms with Crippen LogP contribution in [0.4, 0.5) is 0 Å². The van der Waals surface area contributed by atoms with E-state index in [2.05, 4.69) is 17.2 Å². The molecule has 1 aliphatic heterocycles. The number of amides is 1. The van der Waals surface area contributed by atoms with E-state index < -0.39 is 0 Å². The van der Waals surface area contributed by atoms with Gasteiger partial charge in [0.15, 0.2) is 0 Å². The van der Waals surface area contributed by atoms with Gasteiger partial charge < -0.3 is 15.4 Å². The Hall–Kier alpha value is -0.520. The maximum absolute atomic E-state index is 11.6. The molecule has 0 saturated carbocycles. The number of hydrogen-bond donors (Lipinski definition) is 2. The third kappa shape index (κ3) is 5.53. The lowest BCUT2D eigenvalue weighted by atomic mass is 10.3. The Morgan fingerprint density at radius 1 is 1.62 bits per heavy atom. The monoisotopic (exact) mass is 244 g/mol. The molecule has 0 radical (unpaired) electrons. The molecule has 0 aromatic carbocycles. The van der Waals surface area contributed by atoms with Crippen LogP contribution in [0, 0.1) is 0 Å². The van der Waals surface area contributed by atoms with Crippen molar-refractivity contribution in [3.05, 3.63) is 12.7 Å². The van der Waals surface area contributed by atoms with Crippen molar-refractivity contribution in [1.82, 2.24) is 10.6 Å². The SMILES string of the molecule is C=CCCOCCNC(=O)C1CSCCN1. The lowest BCUT2D eigenvalue weighted by molar-refractivity contribution is -0.122. The van der Waals surface area contributed by atoms with E-state index in [0.717, 1.165) is 24.5 Å². The molecule has 1 aliphatic rings. The predicted molar refractivity (Wildman–Crippen MR) is 67.8 cm³/mol. The van der Waals surface area contributed by atoms with E-state index in [1.807, 2.05) is 17.8 Å². The summed E-state index contributed by atoms with van der Waals surface area (Å²) in [6, 6.07) is -0.0353. The molecule has 0 aromatic heterocycles. The molecule has 1 rings (SSSR count). The van der Waals surface area contributed by atoms with Crippen LogP contribution in [-0.4, -0.2) is 49.8 Å². The van der Waals surface area contributed by atoms with Crippen LogP contribution in [0.5, 0.6) is 0 Å². The molecule has 1 atom stereocenters. The van der Waals surface area contributed by atoms with Gasteiger partial charge in [0, 0.05) is 24.6 Å². The molecule has 0 spiro atoms. The second-order valence-electron chi connectivity index (χ2n) is 3.56. The van der Waals surface area contributed by atoms with Crippen molar-refractivity contribution in [2.24, 2.45) is 0 Å². The van der Waals surface area contributed by atoms with Crippen LogP contribution in [0.25, 0.3) is 0 Å². The molecule has 5 heteroatoms. The summed E-state index contributed by atoms with van der Waals surface area (Å²) in [5.74, 6) is 2.04. The van der Waals surface area contributed by atoms with Gasteiger partial charge in [0.1, 0.15) is 0 Å². The molecule has 4 nitrogen and oxygen atoms in total. The van der Waals surface area contributed by atoms with E-state index in [4.69, 9.17) is 4.74 Å². The molecule has 2 N–H and O–H groups in total. The molecule has 16 heavy (non-hydrogen) atoms. The van der Waals surface area contributed by atoms with E-state index in [9.17, 15) is 4.79 Å². The van der Waals surface area contributed by atoms with Crippen molar-refractivity contribution in [1.29, 1.82) is 0 Å². The number of carbonyl (C=O) groups is 1. The Labute approximate surface area is 101 Å². The smallest absolute Gasteiger partial charge is 0.238 e. The summed E-state index contributed by atoms with van der Waals surface area (Å²) in [5, 5.41) is 6.06. The van der Waals surface area contributed by atoms with E-state index >= 15 is 0 Å². The number of nitrogens with one attached hydrogen (secondary N) is 2. The summed E-state index contributed by atoms with van der Waals surface area (Å²) < 4.78 is 5.30. The zero-order valence-corrected chi connectivity index (χ0v) is 10.4. The maximum Gasteiger partial charge on any atom is 0.238 e. The van der Waals surface area contributed by atoms with Crippen molar-refractivity contribution >= 4 is 17.7 Å². The third-order valence-electron chi connectivity index (χ3n) is 2.25. The van der Waals surface area contributed by atoms with Gasteiger partial charge in [-0.15, -0.1) is 6.58 Å². The van der Waals surface area contributed by atoms with Crippen LogP contribution < -0.4 is 10.6 Å². The molecule has 0 bridgehead atoms. The lowest BCUT2D eigenvalue weighted by Gasteiger charge is -2.22. The summed E-state index contributed by atoms with van der Waals surface area (Å²) in [6.45, 7) is 6.35. The van der Waals surface area contributed by atoms with Gasteiger partial charge in [0.25, 0.3) is 0 Å². The highest BCUT2D eigenvalue weighted by Gasteiger charge is 2.19. The van der Waals surface area contributed by atoms with Gasteiger partial charge >= 0.3 is 0 Å². The molecule has 92 valence electrons. The lowest BCUT2D eigenvalue weighted by Crippen LogP contribution is -2.49. The van der Waals surface area contributed by atoms with Crippen LogP contribution in [0.3, 0.4) is 0 Å². The fourth-order valence-corrected chi connectivity index (χ4v) is 2.31. The molecule has 0 aromatic rings. The normalized spacial score (nSPS) is 20.4. The molecule has 1 heterocycles. The second-order valence-corrected chi connectivity index (χ2v) is 4.71. The van der Waals surface area contributed by atoms with Crippen molar-refractivity contribution in [3.8, 4) is 0 Å². The number of ether oxygens (including phenoxy) is 1. The molecule has 1 saturated heterocycles. The number of hydrogen-bond acceptors (Lipinski definition) is 4. The summed E-state index contributed by atoms with van der Waals surface area (Å²) in [7, 11) is 0. The zero-order chi connectivity index (χ0) is 11.6. The Morgan fingerprint density at radius 2 is 2.50 bits per heavy atom. The fourth-order valence-electron chi connectivity index (χ4n) is 1.37. The van der Waals surface area contributed by atoms with Gasteiger partial charge in [-0.1, -0.05) is 6.08 Å². The van der Waals surface area contributed by atoms with Crippen LogP contribution in [-0.2, 0) is 9.53 Å². The van der Waals surface area contributed by atoms with Gasteiger partial charge in [-0.3, -0.25) is 4.79 Å². The minimum atomic E-state index is -0.0353. The summed E-state index contributed by atoms with van der Waals surface area (Å²) in [4.78, 5) is 11.6. The Kier molecular flexibility index (Phi) is 7.29. The van der Waals surface area contributed by atoms with Crippen LogP contribution in [0.1, 0.15) is 6.42 Å². The topological polar surface area (TPSA) is 50.4 Å². The maximum atomic E-state index is 11.6. The first-order valence-electron chi connectivity index (χ1n) is 5.62. The van der Waals surface area contributed by atoms with Gasteiger partial charge in [0.05, 0.1) is 19.3 Å². The molecule has 1 unspecified atom stereocenters. The highest BCUT2D eigenvalue weighted by Crippen LogP contribution is 2.07. The van der Waals surface area contributed by atoms with E-state index in [1.165, 1.54) is 0 Å². The Bertz CT molecular complexity index is 218. The molecule has 1 amide bonds. The highest BCUT2D eigenvalue weighted by atomic mass is 32.2. The molecular weight excluding hydrogens is 224 g/mol. The molecule has 1 fully saturated rings. The van der Waals surface area contributed by atoms with Crippen molar-refractivity contribution in [2.75, 3.05) is 37.8 Å². The van der Waals surface area contributed by atoms with Gasteiger partial charge in [-0.25, -0.2) is 0 Å². The standard InChI is InChI=1S/C11H20N2O2S/c1-2-3-6-15-7-4-13-11(14)10-9-16-8-5-12-10/h2,10,12H,1,3-9H2,(H,13,14). The second kappa shape index (κ2) is 8.61. The molecular formula is C11H20N2O2S. The van der Waals surface area contributed by atoms with E-state index in [0.29, 0.717) is 19.8 Å². The summed E-state index contributed by atoms with van der Waals surface area (Å²) in [5.41, 5.74) is 0. The summed E-state index contributed by atoms with van der Waals surface area (Å²) in [6.07, 6.45) is 2.68. The van der Waals surface area contributed by atoms with Crippen LogP contribution in [0.2, 0.25) is 0 Å². The number of carbonyl (C=O) groups excluding carboxylic acids is 1. The van der Waals surface area contributed by atoms with Gasteiger partial charge in [-0.2, -0.15) is 11.8 Å². The zero-order valence-electron chi connectivity index (χ0n) is 9.54. The minimum Gasteiger partial charge on any atom is -0.379 e. The Balaban J connectivity index is 1.99. The van der Waals surface area contributed by atoms with Crippen LogP contribution in [0.15, 0.2) is 12.7 Å². The first kappa shape index (κ1) is 13.5. The van der Waals surface area contributed by atoms with Gasteiger partial charge in [-0.05, 0) is 6.42 Å². The predicted octanol–water partition coefficient (Wildman–Crippen LogP) is 0.400. The Morgan fingerprint density at radius 3 is 3.19 bits per heavy atom. The number of thioether (sulfide) groups is 1. The van der Waals surface area contributed by atoms with Gasteiger partial charge in [0.2, 0.25) is 5.91 Å². The summed E-state index contributed by atoms with van der Waals surface area (Å²) >= 11 is 1.82. The van der Waals surface area contributed by atoms with E-state index in [1.54, 1.807) is 0 Å². The first-order valence-corrected chi connectivity index (χ1v) is 6.77. The van der Waals surface area contributed by atoms with Crippen molar-refractivity contribution < 1.29 is 9.53 Å². The highest BCUT2D eigenvalue weighted by molar-refractivity contribution is 7.99. The first-order chi connectivity index (χ1) is 7.84. The average Bonchev–Trinajstić information content (AvgIpc) is 2.34. The van der Waals surface area contributed by atoms with E-state index in [-0.39, 0.29) is 11.9 Å². The quantitative estimate of drug-likeness (QED) is 0.503. The minimum absolute atomic E-state index is 0.0353. The number of rotatable bonds is 7. The molecule has 0 aliphatic carbocycles.